The minimum Gasteiger partial charge on any atom is -0.744 e. The van der Waals surface area contributed by atoms with Gasteiger partial charge in [-0.3, -0.25) is 4.79 Å². The summed E-state index contributed by atoms with van der Waals surface area (Å²) in [4.78, 5) is 11.5. The Bertz CT molecular complexity index is 1130. The van der Waals surface area contributed by atoms with Crippen LogP contribution < -0.4 is 0 Å². The van der Waals surface area contributed by atoms with E-state index in [2.05, 4.69) is 0 Å². The van der Waals surface area contributed by atoms with Crippen molar-refractivity contribution in [3.05, 3.63) is 88.5 Å². The van der Waals surface area contributed by atoms with Gasteiger partial charge in [-0.2, -0.15) is 0 Å². The van der Waals surface area contributed by atoms with E-state index in [1.54, 1.807) is 50.3 Å². The van der Waals surface area contributed by atoms with Crippen molar-refractivity contribution >= 4 is 21.5 Å². The van der Waals surface area contributed by atoms with Crippen molar-refractivity contribution in [2.45, 2.75) is 18.7 Å². The number of benzene rings is 2. The largest absolute Gasteiger partial charge is 0.744 e. The summed E-state index contributed by atoms with van der Waals surface area (Å²) < 4.78 is 35.4. The van der Waals surface area contributed by atoms with Crippen molar-refractivity contribution in [1.29, 1.82) is 0 Å². The van der Waals surface area contributed by atoms with Crippen molar-refractivity contribution < 1.29 is 22.9 Å². The minimum atomic E-state index is -4.71. The first-order valence-corrected chi connectivity index (χ1v) is 9.59. The number of phenols is 1. The van der Waals surface area contributed by atoms with E-state index in [0.29, 0.717) is 27.8 Å². The molecule has 0 amide bonds. The molecule has 5 nitrogen and oxygen atoms in total. The normalized spacial score (nSPS) is 16.3. The van der Waals surface area contributed by atoms with Gasteiger partial charge >= 0.3 is 0 Å². The highest BCUT2D eigenvalue weighted by atomic mass is 32.2. The second-order valence-electron chi connectivity index (χ2n) is 6.31. The molecule has 138 valence electrons. The lowest BCUT2D eigenvalue weighted by Gasteiger charge is -2.19. The lowest BCUT2D eigenvalue weighted by molar-refractivity contribution is -0.111. The van der Waals surface area contributed by atoms with Gasteiger partial charge in [0.25, 0.3) is 0 Å². The molecule has 0 aromatic heterocycles. The summed E-state index contributed by atoms with van der Waals surface area (Å²) >= 11 is 0. The van der Waals surface area contributed by atoms with Crippen LogP contribution in [0.4, 0.5) is 0 Å². The second kappa shape index (κ2) is 6.98. The summed E-state index contributed by atoms with van der Waals surface area (Å²) in [7, 11) is -4.71. The molecular weight excluding hydrogens is 364 g/mol. The van der Waals surface area contributed by atoms with Crippen LogP contribution in [0.15, 0.2) is 76.7 Å². The third-order valence-electron chi connectivity index (χ3n) is 4.37. The maximum absolute atomic E-state index is 11.8. The molecule has 0 fully saturated rings. The number of carbonyl (C=O) groups excluding carboxylic acids is 1. The monoisotopic (exact) mass is 381 g/mol. The molecule has 0 saturated carbocycles. The number of phenolic OH excluding ortho intramolecular Hbond substituents is 1. The molecule has 0 atom stereocenters. The molecule has 2 aromatic rings. The molecule has 3 rings (SSSR count). The molecule has 0 heterocycles. The molecule has 0 bridgehead atoms. The Morgan fingerprint density at radius 2 is 1.74 bits per heavy atom. The van der Waals surface area contributed by atoms with Crippen LogP contribution in [-0.4, -0.2) is 23.9 Å². The smallest absolute Gasteiger partial charge is 0.181 e. The van der Waals surface area contributed by atoms with Gasteiger partial charge in [0, 0.05) is 5.56 Å². The van der Waals surface area contributed by atoms with E-state index in [-0.39, 0.29) is 22.0 Å². The standard InChI is InChI=1S/C21H18O5S/c1-13-11-15(7-9-18(13)22)21(16-8-10-19(23)14(2)12-16)17-5-3-4-6-20(17)27(24,25)26/h3-12,22H,1-2H3,(H,24,25,26)/p-1. The number of aromatic hydroxyl groups is 1. The van der Waals surface area contributed by atoms with Gasteiger partial charge in [-0.15, -0.1) is 0 Å². The van der Waals surface area contributed by atoms with Crippen molar-refractivity contribution in [3.8, 4) is 5.75 Å². The number of hydrogen-bond donors (Lipinski definition) is 1. The lowest BCUT2D eigenvalue weighted by Crippen LogP contribution is -2.06. The Labute approximate surface area is 157 Å². The first-order valence-electron chi connectivity index (χ1n) is 8.19. The molecule has 1 aliphatic rings. The first kappa shape index (κ1) is 18.8. The summed E-state index contributed by atoms with van der Waals surface area (Å²) in [6.45, 7) is 3.39. The highest BCUT2D eigenvalue weighted by Crippen LogP contribution is 2.35. The molecule has 6 heteroatoms. The maximum atomic E-state index is 11.8. The van der Waals surface area contributed by atoms with Gasteiger partial charge < -0.3 is 9.66 Å². The van der Waals surface area contributed by atoms with Crippen LogP contribution in [0.5, 0.6) is 5.75 Å². The Balaban J connectivity index is 2.40. The van der Waals surface area contributed by atoms with Crippen LogP contribution in [-0.2, 0) is 14.9 Å². The number of rotatable bonds is 3. The van der Waals surface area contributed by atoms with Gasteiger partial charge in [0.15, 0.2) is 5.78 Å². The van der Waals surface area contributed by atoms with E-state index in [1.807, 2.05) is 0 Å². The van der Waals surface area contributed by atoms with Gasteiger partial charge in [-0.1, -0.05) is 30.3 Å². The Hall–Kier alpha value is -2.96. The Kier molecular flexibility index (Phi) is 4.87. The van der Waals surface area contributed by atoms with Crippen LogP contribution in [0.1, 0.15) is 23.6 Å². The molecule has 27 heavy (non-hydrogen) atoms. The van der Waals surface area contributed by atoms with Gasteiger partial charge in [-0.05, 0) is 72.0 Å². The summed E-state index contributed by atoms with van der Waals surface area (Å²) in [5, 5.41) is 9.83. The topological polar surface area (TPSA) is 94.5 Å². The average molecular weight is 381 g/mol. The van der Waals surface area contributed by atoms with Gasteiger partial charge in [-0.25, -0.2) is 8.42 Å². The fraction of sp³-hybridized carbons (Fsp3) is 0.0952. The number of ketones is 1. The molecule has 1 N–H and O–H groups in total. The van der Waals surface area contributed by atoms with E-state index in [1.165, 1.54) is 24.3 Å². The molecule has 0 unspecified atom stereocenters. The Morgan fingerprint density at radius 3 is 2.37 bits per heavy atom. The second-order valence-corrected chi connectivity index (χ2v) is 7.65. The fourth-order valence-corrected chi connectivity index (χ4v) is 3.67. The predicted molar refractivity (Wildman–Crippen MR) is 101 cm³/mol. The lowest BCUT2D eigenvalue weighted by atomic mass is 9.88. The van der Waals surface area contributed by atoms with E-state index >= 15 is 0 Å². The quantitative estimate of drug-likeness (QED) is 0.821. The minimum absolute atomic E-state index is 0.105. The first-order chi connectivity index (χ1) is 12.7. The molecule has 0 radical (unpaired) electrons. The zero-order valence-corrected chi connectivity index (χ0v) is 15.6. The number of aryl methyl sites for hydroxylation is 1. The zero-order valence-electron chi connectivity index (χ0n) is 14.8. The van der Waals surface area contributed by atoms with Gasteiger partial charge in [0.05, 0.1) is 4.90 Å². The van der Waals surface area contributed by atoms with Crippen molar-refractivity contribution in [3.63, 3.8) is 0 Å². The van der Waals surface area contributed by atoms with Gasteiger partial charge in [0.1, 0.15) is 15.9 Å². The van der Waals surface area contributed by atoms with Gasteiger partial charge in [0.2, 0.25) is 0 Å². The van der Waals surface area contributed by atoms with Crippen LogP contribution in [0, 0.1) is 6.92 Å². The highest BCUT2D eigenvalue weighted by Gasteiger charge is 2.19. The fourth-order valence-electron chi connectivity index (χ4n) is 2.98. The third-order valence-corrected chi connectivity index (χ3v) is 5.27. The molecule has 0 aliphatic heterocycles. The van der Waals surface area contributed by atoms with Crippen LogP contribution >= 0.6 is 0 Å². The van der Waals surface area contributed by atoms with Crippen LogP contribution in [0.25, 0.3) is 5.57 Å². The van der Waals surface area contributed by atoms with Crippen molar-refractivity contribution in [2.24, 2.45) is 0 Å². The molecule has 2 aromatic carbocycles. The molecule has 0 saturated heterocycles. The van der Waals surface area contributed by atoms with Crippen LogP contribution in [0.3, 0.4) is 0 Å². The maximum Gasteiger partial charge on any atom is 0.181 e. The Morgan fingerprint density at radius 1 is 1.04 bits per heavy atom. The summed E-state index contributed by atoms with van der Waals surface area (Å²) in [6, 6.07) is 10.8. The molecular formula is C21H17O5S-. The summed E-state index contributed by atoms with van der Waals surface area (Å²) in [5.74, 6) is -0.0290. The van der Waals surface area contributed by atoms with E-state index < -0.39 is 10.1 Å². The SMILES string of the molecule is CC1=CC(=C(c2ccc(O)c(C)c2)c2ccccc2S(=O)(=O)[O-])C=CC1=O. The van der Waals surface area contributed by atoms with Crippen LogP contribution in [0.2, 0.25) is 0 Å². The third kappa shape index (κ3) is 3.77. The zero-order chi connectivity index (χ0) is 19.8. The summed E-state index contributed by atoms with van der Waals surface area (Å²) in [6.07, 6.45) is 4.67. The van der Waals surface area contributed by atoms with Crippen molar-refractivity contribution in [1.82, 2.24) is 0 Å². The highest BCUT2D eigenvalue weighted by molar-refractivity contribution is 7.85. The van der Waals surface area contributed by atoms with E-state index in [9.17, 15) is 22.9 Å². The van der Waals surface area contributed by atoms with E-state index in [4.69, 9.17) is 0 Å². The summed E-state index contributed by atoms with van der Waals surface area (Å²) in [5.41, 5.74) is 3.08. The van der Waals surface area contributed by atoms with Crippen molar-refractivity contribution in [2.75, 3.05) is 0 Å². The predicted octanol–water partition coefficient (Wildman–Crippen LogP) is 3.49. The number of carbonyl (C=O) groups is 1. The van der Waals surface area contributed by atoms with E-state index in [0.717, 1.165) is 0 Å². The average Bonchev–Trinajstić information content (AvgIpc) is 2.61. The number of allylic oxidation sites excluding steroid dienone is 5. The molecule has 0 spiro atoms. The molecule has 1 aliphatic carbocycles. The number of hydrogen-bond acceptors (Lipinski definition) is 5.